The maximum atomic E-state index is 9.05. The van der Waals surface area contributed by atoms with E-state index in [1.807, 2.05) is 19.2 Å². The van der Waals surface area contributed by atoms with Crippen molar-refractivity contribution in [2.75, 3.05) is 18.5 Å². The smallest absolute Gasteiger partial charge is 0.101 e. The molecule has 0 heterocycles. The summed E-state index contributed by atoms with van der Waals surface area (Å²) >= 11 is 5.87. The molecule has 2 rings (SSSR count). The molecular weight excluding hydrogens is 220 g/mol. The summed E-state index contributed by atoms with van der Waals surface area (Å²) in [5.74, 6) is 0.917. The topological polar surface area (TPSA) is 27.0 Å². The predicted molar refractivity (Wildman–Crippen MR) is 66.8 cm³/mol. The summed E-state index contributed by atoms with van der Waals surface area (Å²) < 4.78 is 0. The monoisotopic (exact) mass is 234 g/mol. The van der Waals surface area contributed by atoms with Gasteiger partial charge in [0.05, 0.1) is 11.3 Å². The van der Waals surface area contributed by atoms with Crippen molar-refractivity contribution < 1.29 is 0 Å². The zero-order valence-electron chi connectivity index (χ0n) is 9.41. The summed E-state index contributed by atoms with van der Waals surface area (Å²) in [6.07, 6.45) is 3.98. The molecule has 84 valence electrons. The van der Waals surface area contributed by atoms with Gasteiger partial charge in [0.25, 0.3) is 0 Å². The van der Waals surface area contributed by atoms with E-state index in [2.05, 4.69) is 11.0 Å². The third-order valence-electron chi connectivity index (χ3n) is 3.06. The molecule has 16 heavy (non-hydrogen) atoms. The summed E-state index contributed by atoms with van der Waals surface area (Å²) in [6.45, 7) is 1.01. The van der Waals surface area contributed by atoms with Crippen molar-refractivity contribution in [3.63, 3.8) is 0 Å². The highest BCUT2D eigenvalue weighted by Crippen LogP contribution is 2.33. The van der Waals surface area contributed by atoms with Crippen molar-refractivity contribution in [1.82, 2.24) is 0 Å². The van der Waals surface area contributed by atoms with Gasteiger partial charge in [0.1, 0.15) is 6.07 Å². The van der Waals surface area contributed by atoms with Crippen molar-refractivity contribution in [3.05, 3.63) is 28.8 Å². The van der Waals surface area contributed by atoms with Crippen LogP contribution in [0.2, 0.25) is 5.02 Å². The lowest BCUT2D eigenvalue weighted by Crippen LogP contribution is -2.19. The van der Waals surface area contributed by atoms with Crippen molar-refractivity contribution in [2.24, 2.45) is 5.92 Å². The van der Waals surface area contributed by atoms with Crippen molar-refractivity contribution in [3.8, 4) is 6.07 Å². The molecule has 0 unspecified atom stereocenters. The molecular formula is C13H15ClN2. The van der Waals surface area contributed by atoms with Crippen LogP contribution in [0.1, 0.15) is 24.8 Å². The van der Waals surface area contributed by atoms with Crippen molar-refractivity contribution in [2.45, 2.75) is 19.3 Å². The second-order valence-corrected chi connectivity index (χ2v) is 4.86. The molecule has 0 saturated heterocycles. The van der Waals surface area contributed by atoms with Gasteiger partial charge in [0.2, 0.25) is 0 Å². The van der Waals surface area contributed by atoms with Gasteiger partial charge in [-0.15, -0.1) is 0 Å². The zero-order chi connectivity index (χ0) is 11.5. The largest absolute Gasteiger partial charge is 0.374 e. The van der Waals surface area contributed by atoms with Gasteiger partial charge >= 0.3 is 0 Å². The number of hydrogen-bond acceptors (Lipinski definition) is 2. The fourth-order valence-corrected chi connectivity index (χ4v) is 2.01. The molecule has 1 aliphatic rings. The van der Waals surface area contributed by atoms with Gasteiger partial charge in [-0.2, -0.15) is 5.26 Å². The Labute approximate surface area is 101 Å². The van der Waals surface area contributed by atoms with E-state index in [0.29, 0.717) is 10.6 Å². The van der Waals surface area contributed by atoms with Crippen LogP contribution in [0.25, 0.3) is 0 Å². The molecule has 0 spiro atoms. The van der Waals surface area contributed by atoms with E-state index in [-0.39, 0.29) is 0 Å². The van der Waals surface area contributed by atoms with Crippen LogP contribution in [0.15, 0.2) is 18.2 Å². The number of rotatable bonds is 4. The maximum Gasteiger partial charge on any atom is 0.101 e. The lowest BCUT2D eigenvalue weighted by atomic mass is 10.1. The molecule has 1 aromatic carbocycles. The second-order valence-electron chi connectivity index (χ2n) is 4.43. The first-order valence-corrected chi connectivity index (χ1v) is 5.99. The van der Waals surface area contributed by atoms with Crippen LogP contribution in [0.5, 0.6) is 0 Å². The molecule has 1 aromatic rings. The highest BCUT2D eigenvalue weighted by molar-refractivity contribution is 6.30. The Hall–Kier alpha value is -1.20. The van der Waals surface area contributed by atoms with Gasteiger partial charge in [0, 0.05) is 18.6 Å². The fraction of sp³-hybridized carbons (Fsp3) is 0.462. The number of hydrogen-bond donors (Lipinski definition) is 0. The molecule has 2 nitrogen and oxygen atoms in total. The Morgan fingerprint density at radius 2 is 2.25 bits per heavy atom. The third kappa shape index (κ3) is 2.68. The Kier molecular flexibility index (Phi) is 3.36. The first-order valence-electron chi connectivity index (χ1n) is 5.61. The van der Waals surface area contributed by atoms with Gasteiger partial charge in [-0.1, -0.05) is 24.4 Å². The Balaban J connectivity index is 2.08. The van der Waals surface area contributed by atoms with Gasteiger partial charge in [-0.25, -0.2) is 0 Å². The third-order valence-corrected chi connectivity index (χ3v) is 3.30. The molecule has 0 radical (unpaired) electrons. The molecule has 3 heteroatoms. The predicted octanol–water partition coefficient (Wildman–Crippen LogP) is 3.45. The van der Waals surface area contributed by atoms with E-state index < -0.39 is 0 Å². The molecule has 0 bridgehead atoms. The maximum absolute atomic E-state index is 9.05. The minimum Gasteiger partial charge on any atom is -0.374 e. The number of nitriles is 1. The lowest BCUT2D eigenvalue weighted by Gasteiger charge is -2.20. The van der Waals surface area contributed by atoms with Gasteiger partial charge < -0.3 is 4.90 Å². The molecule has 1 fully saturated rings. The van der Waals surface area contributed by atoms with Crippen molar-refractivity contribution >= 4 is 17.3 Å². The van der Waals surface area contributed by atoms with Gasteiger partial charge in [-0.3, -0.25) is 0 Å². The number of anilines is 1. The van der Waals surface area contributed by atoms with E-state index in [4.69, 9.17) is 16.9 Å². The molecule has 0 amide bonds. The minimum absolute atomic E-state index is 0.621. The first kappa shape index (κ1) is 11.3. The average molecular weight is 235 g/mol. The fourth-order valence-electron chi connectivity index (χ4n) is 1.83. The zero-order valence-corrected chi connectivity index (χ0v) is 10.2. The van der Waals surface area contributed by atoms with Crippen LogP contribution in [0, 0.1) is 17.2 Å². The summed E-state index contributed by atoms with van der Waals surface area (Å²) in [6, 6.07) is 7.68. The Morgan fingerprint density at radius 1 is 1.50 bits per heavy atom. The highest BCUT2D eigenvalue weighted by atomic mass is 35.5. The molecule has 0 N–H and O–H groups in total. The van der Waals surface area contributed by atoms with Crippen LogP contribution >= 0.6 is 11.6 Å². The highest BCUT2D eigenvalue weighted by Gasteiger charge is 2.21. The summed E-state index contributed by atoms with van der Waals surface area (Å²) in [5.41, 5.74) is 1.64. The lowest BCUT2D eigenvalue weighted by molar-refractivity contribution is 0.710. The molecule has 0 aliphatic heterocycles. The van der Waals surface area contributed by atoms with Gasteiger partial charge in [-0.05, 0) is 30.5 Å². The van der Waals surface area contributed by atoms with E-state index in [1.54, 1.807) is 6.07 Å². The summed E-state index contributed by atoms with van der Waals surface area (Å²) in [5, 5.41) is 9.67. The van der Waals surface area contributed by atoms with E-state index in [1.165, 1.54) is 19.3 Å². The van der Waals surface area contributed by atoms with Crippen LogP contribution in [-0.2, 0) is 0 Å². The van der Waals surface area contributed by atoms with E-state index >= 15 is 0 Å². The minimum atomic E-state index is 0.621. The van der Waals surface area contributed by atoms with Crippen LogP contribution in [-0.4, -0.2) is 13.6 Å². The van der Waals surface area contributed by atoms with E-state index in [0.717, 1.165) is 18.2 Å². The second kappa shape index (κ2) is 4.76. The van der Waals surface area contributed by atoms with Crippen LogP contribution < -0.4 is 4.90 Å². The Morgan fingerprint density at radius 3 is 2.88 bits per heavy atom. The first-order chi connectivity index (χ1) is 7.70. The standard InChI is InChI=1S/C13H15ClN2/c1-16(7-6-10-2-3-10)13-5-4-12(14)8-11(13)9-15/h4-5,8,10H,2-3,6-7H2,1H3. The van der Waals surface area contributed by atoms with Crippen molar-refractivity contribution in [1.29, 1.82) is 5.26 Å². The SMILES string of the molecule is CN(CCC1CC1)c1ccc(Cl)cc1C#N. The number of halogens is 1. The summed E-state index contributed by atoms with van der Waals surface area (Å²) in [7, 11) is 2.03. The molecule has 0 atom stereocenters. The van der Waals surface area contributed by atoms with E-state index in [9.17, 15) is 0 Å². The summed E-state index contributed by atoms with van der Waals surface area (Å²) in [4.78, 5) is 2.15. The Bertz CT molecular complexity index is 418. The molecule has 1 saturated carbocycles. The average Bonchev–Trinajstić information content (AvgIpc) is 3.09. The number of nitrogens with zero attached hydrogens (tertiary/aromatic N) is 2. The van der Waals surface area contributed by atoms with Crippen LogP contribution in [0.3, 0.4) is 0 Å². The van der Waals surface area contributed by atoms with Gasteiger partial charge in [0.15, 0.2) is 0 Å². The normalized spacial score (nSPS) is 14.6. The molecule has 0 aromatic heterocycles. The van der Waals surface area contributed by atoms with Crippen LogP contribution in [0.4, 0.5) is 5.69 Å². The number of benzene rings is 1. The molecule has 1 aliphatic carbocycles. The quantitative estimate of drug-likeness (QED) is 0.798.